The Morgan fingerprint density at radius 2 is 2.00 bits per heavy atom. The van der Waals surface area contributed by atoms with Crippen LogP contribution in [-0.2, 0) is 24.3 Å². The van der Waals surface area contributed by atoms with E-state index >= 15 is 4.39 Å². The monoisotopic (exact) mass is 602 g/mol. The van der Waals surface area contributed by atoms with Crippen molar-refractivity contribution in [1.29, 1.82) is 0 Å². The summed E-state index contributed by atoms with van der Waals surface area (Å²) < 4.78 is 32.6. The van der Waals surface area contributed by atoms with Crippen LogP contribution in [-0.4, -0.2) is 62.0 Å². The SMILES string of the molecule is CCN1CCC(c2ccc(-c3cc(F)c4c(c3)C(=O)N(C(C(=O)Nc3nccs3)c3ncn5c3CCC5)C4)cc2)C(F)C1. The number of rotatable bonds is 7. The van der Waals surface area contributed by atoms with Crippen molar-refractivity contribution >= 4 is 28.3 Å². The lowest BCUT2D eigenvalue weighted by Crippen LogP contribution is -2.40. The second kappa shape index (κ2) is 11.3. The molecule has 2 aromatic heterocycles. The number of anilines is 1. The molecule has 2 aromatic carbocycles. The zero-order valence-corrected chi connectivity index (χ0v) is 24.6. The molecule has 3 aliphatic heterocycles. The molecule has 43 heavy (non-hydrogen) atoms. The maximum absolute atomic E-state index is 15.6. The van der Waals surface area contributed by atoms with Gasteiger partial charge in [0.05, 0.1) is 18.6 Å². The number of piperidine rings is 1. The smallest absolute Gasteiger partial charge is 0.255 e. The molecule has 4 aromatic rings. The van der Waals surface area contributed by atoms with Crippen LogP contribution in [0.25, 0.3) is 11.1 Å². The van der Waals surface area contributed by atoms with Gasteiger partial charge in [0.2, 0.25) is 0 Å². The third-order valence-corrected chi connectivity index (χ3v) is 9.72. The number of aryl methyl sites for hydroxylation is 1. The van der Waals surface area contributed by atoms with Gasteiger partial charge in [-0.3, -0.25) is 14.9 Å². The van der Waals surface area contributed by atoms with Gasteiger partial charge in [0.1, 0.15) is 12.0 Å². The average Bonchev–Trinajstić information content (AvgIpc) is 3.81. The second-order valence-electron chi connectivity index (χ2n) is 11.4. The van der Waals surface area contributed by atoms with Gasteiger partial charge in [-0.05, 0) is 61.2 Å². The van der Waals surface area contributed by atoms with E-state index in [1.807, 2.05) is 35.8 Å². The number of imidazole rings is 1. The number of carbonyl (C=O) groups excluding carboxylic acids is 2. The van der Waals surface area contributed by atoms with Gasteiger partial charge in [0.15, 0.2) is 11.2 Å². The van der Waals surface area contributed by atoms with Gasteiger partial charge < -0.3 is 14.4 Å². The Morgan fingerprint density at radius 1 is 1.16 bits per heavy atom. The maximum Gasteiger partial charge on any atom is 0.255 e. The zero-order valence-electron chi connectivity index (χ0n) is 23.8. The van der Waals surface area contributed by atoms with E-state index in [1.54, 1.807) is 24.0 Å². The van der Waals surface area contributed by atoms with Gasteiger partial charge in [-0.2, -0.15) is 0 Å². The van der Waals surface area contributed by atoms with Gasteiger partial charge in [0, 0.05) is 47.4 Å². The summed E-state index contributed by atoms with van der Waals surface area (Å²) in [5.74, 6) is -1.52. The van der Waals surface area contributed by atoms with Crippen molar-refractivity contribution < 1.29 is 18.4 Å². The van der Waals surface area contributed by atoms with Crippen molar-refractivity contribution in [2.75, 3.05) is 25.0 Å². The van der Waals surface area contributed by atoms with Crippen LogP contribution in [0, 0.1) is 5.82 Å². The Balaban J connectivity index is 1.17. The van der Waals surface area contributed by atoms with Crippen LogP contribution < -0.4 is 5.32 Å². The number of nitrogens with zero attached hydrogens (tertiary/aromatic N) is 5. The minimum atomic E-state index is -1.03. The summed E-state index contributed by atoms with van der Waals surface area (Å²) >= 11 is 1.28. The highest BCUT2D eigenvalue weighted by Crippen LogP contribution is 2.38. The molecule has 0 spiro atoms. The fourth-order valence-electron chi connectivity index (χ4n) is 6.72. The number of benzene rings is 2. The molecule has 1 saturated heterocycles. The number of fused-ring (bicyclic) bond motifs is 2. The topological polar surface area (TPSA) is 83.4 Å². The van der Waals surface area contributed by atoms with E-state index in [0.717, 1.165) is 55.7 Å². The number of likely N-dealkylation sites (tertiary alicyclic amines) is 1. The minimum absolute atomic E-state index is 0.0458. The highest BCUT2D eigenvalue weighted by Gasteiger charge is 2.42. The van der Waals surface area contributed by atoms with Crippen LogP contribution >= 0.6 is 11.3 Å². The number of hydrogen-bond donors (Lipinski definition) is 1. The molecule has 11 heteroatoms. The van der Waals surface area contributed by atoms with Crippen LogP contribution in [0.1, 0.15) is 64.6 Å². The molecule has 3 atom stereocenters. The number of carbonyl (C=O) groups is 2. The summed E-state index contributed by atoms with van der Waals surface area (Å²) in [5.41, 5.74) is 4.15. The van der Waals surface area contributed by atoms with Crippen LogP contribution in [0.15, 0.2) is 54.3 Å². The third-order valence-electron chi connectivity index (χ3n) is 9.03. The lowest BCUT2D eigenvalue weighted by atomic mass is 9.87. The van der Waals surface area contributed by atoms with Crippen LogP contribution in [0.5, 0.6) is 0 Å². The number of hydrogen-bond acceptors (Lipinski definition) is 6. The number of alkyl halides is 1. The predicted octanol–water partition coefficient (Wildman–Crippen LogP) is 5.58. The first-order chi connectivity index (χ1) is 20.9. The molecule has 3 unspecified atom stereocenters. The van der Waals surface area contributed by atoms with Gasteiger partial charge in [-0.1, -0.05) is 31.2 Å². The largest absolute Gasteiger partial charge is 0.334 e. The predicted molar refractivity (Wildman–Crippen MR) is 160 cm³/mol. The quantitative estimate of drug-likeness (QED) is 0.299. The molecule has 2 amide bonds. The number of nitrogens with one attached hydrogen (secondary N) is 1. The minimum Gasteiger partial charge on any atom is -0.334 e. The first kappa shape index (κ1) is 27.8. The lowest BCUT2D eigenvalue weighted by Gasteiger charge is -2.34. The molecule has 0 bridgehead atoms. The summed E-state index contributed by atoms with van der Waals surface area (Å²) in [7, 11) is 0. The fourth-order valence-corrected chi connectivity index (χ4v) is 7.25. The van der Waals surface area contributed by atoms with E-state index in [9.17, 15) is 14.0 Å². The molecule has 1 N–H and O–H groups in total. The number of aromatic nitrogens is 3. The van der Waals surface area contributed by atoms with E-state index in [-0.39, 0.29) is 23.6 Å². The number of halogens is 2. The Morgan fingerprint density at radius 3 is 2.74 bits per heavy atom. The van der Waals surface area contributed by atoms with Crippen molar-refractivity contribution in [3.63, 3.8) is 0 Å². The second-order valence-corrected chi connectivity index (χ2v) is 12.3. The van der Waals surface area contributed by atoms with Crippen molar-refractivity contribution in [1.82, 2.24) is 24.3 Å². The molecular formula is C32H32F2N6O2S. The Bertz CT molecular complexity index is 1670. The average molecular weight is 603 g/mol. The first-order valence-corrected chi connectivity index (χ1v) is 15.6. The lowest BCUT2D eigenvalue weighted by molar-refractivity contribution is -0.121. The molecule has 5 heterocycles. The number of thiazole rings is 1. The summed E-state index contributed by atoms with van der Waals surface area (Å²) in [5, 5.41) is 4.99. The zero-order chi connectivity index (χ0) is 29.7. The third kappa shape index (κ3) is 5.04. The fraction of sp³-hybridized carbons (Fsp3) is 0.375. The molecule has 7 rings (SSSR count). The summed E-state index contributed by atoms with van der Waals surface area (Å²) in [6, 6.07) is 9.64. The molecule has 0 aliphatic carbocycles. The van der Waals surface area contributed by atoms with Crippen molar-refractivity contribution in [2.24, 2.45) is 0 Å². The van der Waals surface area contributed by atoms with Crippen molar-refractivity contribution in [3.8, 4) is 11.1 Å². The highest BCUT2D eigenvalue weighted by atomic mass is 32.1. The maximum atomic E-state index is 15.6. The van der Waals surface area contributed by atoms with Gasteiger partial charge in [-0.15, -0.1) is 11.3 Å². The van der Waals surface area contributed by atoms with Gasteiger partial charge in [0.25, 0.3) is 11.8 Å². The number of amides is 2. The summed E-state index contributed by atoms with van der Waals surface area (Å²) in [4.78, 5) is 39.8. The van der Waals surface area contributed by atoms with Crippen molar-refractivity contribution in [3.05, 3.63) is 88.2 Å². The van der Waals surface area contributed by atoms with E-state index in [4.69, 9.17) is 0 Å². The summed E-state index contributed by atoms with van der Waals surface area (Å²) in [6.45, 7) is 4.94. The van der Waals surface area contributed by atoms with E-state index in [2.05, 4.69) is 20.2 Å². The van der Waals surface area contributed by atoms with Crippen LogP contribution in [0.3, 0.4) is 0 Å². The van der Waals surface area contributed by atoms with Crippen molar-refractivity contribution in [2.45, 2.75) is 57.4 Å². The van der Waals surface area contributed by atoms with Crippen LogP contribution in [0.2, 0.25) is 0 Å². The Hall–Kier alpha value is -3.96. The van der Waals surface area contributed by atoms with E-state index in [0.29, 0.717) is 22.9 Å². The molecule has 0 saturated carbocycles. The normalized spacial score (nSPS) is 20.7. The molecule has 3 aliphatic rings. The molecule has 0 radical (unpaired) electrons. The molecule has 1 fully saturated rings. The standard InChI is InChI=1S/C32H32F2N6O2S/c1-2-38-12-9-22(26(34)17-38)20-7-5-19(6-8-20)21-14-23-24(25(33)15-21)16-40(31(23)42)29(30(41)37-32-35-10-13-43-32)28-27-4-3-11-39(27)18-36-28/h5-8,10,13-15,18,22,26,29H,2-4,9,11-12,16-17H2,1H3,(H,35,37,41). The van der Waals surface area contributed by atoms with E-state index in [1.165, 1.54) is 22.3 Å². The van der Waals surface area contributed by atoms with Gasteiger partial charge >= 0.3 is 0 Å². The Labute approximate surface area is 252 Å². The molecule has 8 nitrogen and oxygen atoms in total. The molecular weight excluding hydrogens is 570 g/mol. The summed E-state index contributed by atoms with van der Waals surface area (Å²) in [6.07, 6.45) is 4.80. The van der Waals surface area contributed by atoms with Crippen LogP contribution in [0.4, 0.5) is 13.9 Å². The Kier molecular flexibility index (Phi) is 7.30. The highest BCUT2D eigenvalue weighted by molar-refractivity contribution is 7.13. The van der Waals surface area contributed by atoms with E-state index < -0.39 is 29.8 Å². The first-order valence-electron chi connectivity index (χ1n) is 14.8. The van der Waals surface area contributed by atoms with Gasteiger partial charge in [-0.25, -0.2) is 18.7 Å². The molecule has 222 valence electrons.